The Morgan fingerprint density at radius 1 is 1.12 bits per heavy atom. The molecule has 2 aromatic rings. The lowest BCUT2D eigenvalue weighted by molar-refractivity contribution is -0.149. The Balaban J connectivity index is 1.77. The molecule has 0 bridgehead atoms. The number of carbonyl (C=O) groups is 2. The van der Waals surface area contributed by atoms with Gasteiger partial charge in [0.15, 0.2) is 24.7 Å². The molecular weight excluding hydrogens is 332 g/mol. The minimum Gasteiger partial charge on any atom is -0.493 e. The minimum atomic E-state index is -0.705. The van der Waals surface area contributed by atoms with Gasteiger partial charge in [-0.05, 0) is 24.2 Å². The fourth-order valence-corrected chi connectivity index (χ4v) is 1.84. The number of aryl methyl sites for hydroxylation is 1. The van der Waals surface area contributed by atoms with Crippen LogP contribution in [-0.2, 0) is 14.3 Å². The van der Waals surface area contributed by atoms with E-state index < -0.39 is 18.5 Å². The molecule has 1 heterocycles. The van der Waals surface area contributed by atoms with Crippen molar-refractivity contribution < 1.29 is 33.1 Å². The molecule has 25 heavy (non-hydrogen) atoms. The molecule has 9 heteroatoms. The predicted molar refractivity (Wildman–Crippen MR) is 85.9 cm³/mol. The molecule has 0 saturated heterocycles. The molecule has 134 valence electrons. The number of methoxy groups -OCH3 is 2. The van der Waals surface area contributed by atoms with Gasteiger partial charge in [-0.1, -0.05) is 0 Å². The van der Waals surface area contributed by atoms with E-state index in [4.69, 9.17) is 23.5 Å². The van der Waals surface area contributed by atoms with Crippen LogP contribution in [0.3, 0.4) is 0 Å². The van der Waals surface area contributed by atoms with E-state index in [0.717, 1.165) is 0 Å². The maximum Gasteiger partial charge on any atom is 0.344 e. The Morgan fingerprint density at radius 2 is 1.88 bits per heavy atom. The quantitative estimate of drug-likeness (QED) is 0.715. The number of amides is 1. The third kappa shape index (κ3) is 5.41. The number of benzene rings is 1. The number of nitrogens with one attached hydrogen (secondary N) is 1. The highest BCUT2D eigenvalue weighted by Crippen LogP contribution is 2.29. The predicted octanol–water partition coefficient (Wildman–Crippen LogP) is 1.56. The van der Waals surface area contributed by atoms with Crippen molar-refractivity contribution in [1.29, 1.82) is 0 Å². The molecule has 0 spiro atoms. The number of anilines is 1. The molecule has 1 aromatic carbocycles. The van der Waals surface area contributed by atoms with E-state index in [1.54, 1.807) is 25.1 Å². The van der Waals surface area contributed by atoms with Crippen LogP contribution in [-0.4, -0.2) is 44.5 Å². The summed E-state index contributed by atoms with van der Waals surface area (Å²) in [7, 11) is 3.00. The summed E-state index contributed by atoms with van der Waals surface area (Å²) >= 11 is 0. The van der Waals surface area contributed by atoms with Gasteiger partial charge in [-0.3, -0.25) is 4.79 Å². The van der Waals surface area contributed by atoms with E-state index >= 15 is 0 Å². The van der Waals surface area contributed by atoms with E-state index in [1.165, 1.54) is 20.3 Å². The smallest absolute Gasteiger partial charge is 0.344 e. The van der Waals surface area contributed by atoms with Crippen molar-refractivity contribution in [3.63, 3.8) is 0 Å². The number of rotatable bonds is 8. The summed E-state index contributed by atoms with van der Waals surface area (Å²) in [5.41, 5.74) is 0.480. The first-order valence-corrected chi connectivity index (χ1v) is 7.25. The summed E-state index contributed by atoms with van der Waals surface area (Å²) in [5, 5.41) is 6.14. The molecule has 1 amide bonds. The van der Waals surface area contributed by atoms with Gasteiger partial charge in [0, 0.05) is 17.8 Å². The van der Waals surface area contributed by atoms with Gasteiger partial charge in [-0.25, -0.2) is 4.79 Å². The molecule has 0 unspecified atom stereocenters. The highest BCUT2D eigenvalue weighted by atomic mass is 16.6. The Kier molecular flexibility index (Phi) is 6.21. The van der Waals surface area contributed by atoms with E-state index in [2.05, 4.69) is 10.5 Å². The van der Waals surface area contributed by atoms with Crippen molar-refractivity contribution in [2.45, 2.75) is 6.92 Å². The number of hydrogen-bond donors (Lipinski definition) is 1. The SMILES string of the molecule is COc1ccc(NC(=O)COC(=O)COc2cc(C)on2)cc1OC. The first kappa shape index (κ1) is 18.1. The maximum absolute atomic E-state index is 11.8. The molecule has 0 aliphatic rings. The molecule has 0 fully saturated rings. The molecular formula is C16H18N2O7. The van der Waals surface area contributed by atoms with Crippen LogP contribution >= 0.6 is 0 Å². The number of aromatic nitrogens is 1. The number of esters is 1. The molecule has 0 aliphatic heterocycles. The highest BCUT2D eigenvalue weighted by molar-refractivity contribution is 5.93. The monoisotopic (exact) mass is 350 g/mol. The molecule has 0 aliphatic carbocycles. The minimum absolute atomic E-state index is 0.171. The standard InChI is InChI=1S/C16H18N2O7/c1-10-6-15(18-25-10)23-9-16(20)24-8-14(19)17-11-4-5-12(21-2)13(7-11)22-3/h4-7H,8-9H2,1-3H3,(H,17,19). The lowest BCUT2D eigenvalue weighted by Crippen LogP contribution is -2.23. The Morgan fingerprint density at radius 3 is 2.52 bits per heavy atom. The normalized spacial score (nSPS) is 10.0. The first-order chi connectivity index (χ1) is 12.0. The Labute approximate surface area is 143 Å². The summed E-state index contributed by atoms with van der Waals surface area (Å²) in [6.45, 7) is 0.862. The van der Waals surface area contributed by atoms with Gasteiger partial charge in [-0.2, -0.15) is 0 Å². The third-order valence-corrected chi connectivity index (χ3v) is 2.98. The lowest BCUT2D eigenvalue weighted by atomic mass is 10.2. The average molecular weight is 350 g/mol. The van der Waals surface area contributed by atoms with E-state index in [1.807, 2.05) is 0 Å². The molecule has 0 radical (unpaired) electrons. The summed E-state index contributed by atoms with van der Waals surface area (Å²) in [6.07, 6.45) is 0. The second-order valence-electron chi connectivity index (χ2n) is 4.84. The summed E-state index contributed by atoms with van der Waals surface area (Å²) in [4.78, 5) is 23.4. The van der Waals surface area contributed by atoms with Crippen LogP contribution in [0.4, 0.5) is 5.69 Å². The van der Waals surface area contributed by atoms with Crippen molar-refractivity contribution in [3.8, 4) is 17.4 Å². The topological polar surface area (TPSA) is 109 Å². The van der Waals surface area contributed by atoms with Gasteiger partial charge in [0.2, 0.25) is 0 Å². The molecule has 2 rings (SSSR count). The van der Waals surface area contributed by atoms with Crippen LogP contribution in [0.1, 0.15) is 5.76 Å². The first-order valence-electron chi connectivity index (χ1n) is 7.25. The Hall–Kier alpha value is -3.23. The zero-order chi connectivity index (χ0) is 18.2. The number of hydrogen-bond acceptors (Lipinski definition) is 8. The van der Waals surface area contributed by atoms with Crippen LogP contribution in [0.15, 0.2) is 28.8 Å². The largest absolute Gasteiger partial charge is 0.493 e. The summed E-state index contributed by atoms with van der Waals surface area (Å²) < 4.78 is 24.9. The zero-order valence-electron chi connectivity index (χ0n) is 14.0. The van der Waals surface area contributed by atoms with Gasteiger partial charge < -0.3 is 28.8 Å². The van der Waals surface area contributed by atoms with Gasteiger partial charge in [0.05, 0.1) is 14.2 Å². The van der Waals surface area contributed by atoms with E-state index in [0.29, 0.717) is 22.9 Å². The van der Waals surface area contributed by atoms with Gasteiger partial charge in [-0.15, -0.1) is 0 Å². The second-order valence-corrected chi connectivity index (χ2v) is 4.84. The lowest BCUT2D eigenvalue weighted by Gasteiger charge is -2.10. The van der Waals surface area contributed by atoms with Crippen LogP contribution < -0.4 is 19.5 Å². The van der Waals surface area contributed by atoms with Crippen LogP contribution in [0.25, 0.3) is 0 Å². The molecule has 1 N–H and O–H groups in total. The van der Waals surface area contributed by atoms with Crippen molar-refractivity contribution in [1.82, 2.24) is 5.16 Å². The maximum atomic E-state index is 11.8. The van der Waals surface area contributed by atoms with E-state index in [9.17, 15) is 9.59 Å². The molecule has 0 atom stereocenters. The van der Waals surface area contributed by atoms with Gasteiger partial charge in [0.25, 0.3) is 11.8 Å². The third-order valence-electron chi connectivity index (χ3n) is 2.98. The zero-order valence-corrected chi connectivity index (χ0v) is 14.0. The number of carbonyl (C=O) groups excluding carboxylic acids is 2. The van der Waals surface area contributed by atoms with Crippen molar-refractivity contribution in [2.24, 2.45) is 0 Å². The second kappa shape index (κ2) is 8.57. The molecule has 0 saturated carbocycles. The van der Waals surface area contributed by atoms with Gasteiger partial charge in [0.1, 0.15) is 5.76 Å². The average Bonchev–Trinajstić information content (AvgIpc) is 3.03. The molecule has 1 aromatic heterocycles. The fourth-order valence-electron chi connectivity index (χ4n) is 1.84. The van der Waals surface area contributed by atoms with Crippen LogP contribution in [0, 0.1) is 6.92 Å². The van der Waals surface area contributed by atoms with E-state index in [-0.39, 0.29) is 12.5 Å². The fraction of sp³-hybridized carbons (Fsp3) is 0.312. The van der Waals surface area contributed by atoms with Gasteiger partial charge >= 0.3 is 5.97 Å². The van der Waals surface area contributed by atoms with Crippen molar-refractivity contribution >= 4 is 17.6 Å². The van der Waals surface area contributed by atoms with Crippen LogP contribution in [0.2, 0.25) is 0 Å². The number of ether oxygens (including phenoxy) is 4. The summed E-state index contributed by atoms with van der Waals surface area (Å²) in [6, 6.07) is 6.40. The molecule has 9 nitrogen and oxygen atoms in total. The van der Waals surface area contributed by atoms with Crippen molar-refractivity contribution in [3.05, 3.63) is 30.0 Å². The number of nitrogens with zero attached hydrogens (tertiary/aromatic N) is 1. The van der Waals surface area contributed by atoms with Crippen LogP contribution in [0.5, 0.6) is 17.4 Å². The Bertz CT molecular complexity index is 742. The highest BCUT2D eigenvalue weighted by Gasteiger charge is 2.11. The summed E-state index contributed by atoms with van der Waals surface area (Å²) in [5.74, 6) is 0.517. The van der Waals surface area contributed by atoms with Crippen molar-refractivity contribution in [2.75, 3.05) is 32.8 Å².